The van der Waals surface area contributed by atoms with Crippen LogP contribution < -0.4 is 0 Å². The van der Waals surface area contributed by atoms with Crippen molar-refractivity contribution in [1.82, 2.24) is 14.8 Å². The van der Waals surface area contributed by atoms with E-state index in [1.54, 1.807) is 10.9 Å². The molecule has 2 saturated heterocycles. The Morgan fingerprint density at radius 2 is 2.35 bits per heavy atom. The summed E-state index contributed by atoms with van der Waals surface area (Å²) < 4.78 is 0. The van der Waals surface area contributed by atoms with Crippen molar-refractivity contribution < 1.29 is 9.59 Å². The van der Waals surface area contributed by atoms with Gasteiger partial charge in [-0.2, -0.15) is 0 Å². The minimum absolute atomic E-state index is 0.00903. The van der Waals surface area contributed by atoms with Crippen molar-refractivity contribution in [1.29, 1.82) is 0 Å². The Morgan fingerprint density at radius 3 is 3.12 bits per heavy atom. The summed E-state index contributed by atoms with van der Waals surface area (Å²) in [6, 6.07) is 0.221. The number of carbonyl (C=O) groups is 2. The van der Waals surface area contributed by atoms with Gasteiger partial charge < -0.3 is 9.80 Å². The van der Waals surface area contributed by atoms with E-state index in [9.17, 15) is 9.59 Å². The van der Waals surface area contributed by atoms with E-state index in [4.69, 9.17) is 0 Å². The van der Waals surface area contributed by atoms with Crippen LogP contribution in [0.3, 0.4) is 0 Å². The van der Waals surface area contributed by atoms with Crippen LogP contribution in [-0.2, 0) is 4.79 Å². The highest BCUT2D eigenvalue weighted by atomic mass is 32.1. The van der Waals surface area contributed by atoms with Gasteiger partial charge >= 0.3 is 0 Å². The molecule has 3 rings (SSSR count). The summed E-state index contributed by atoms with van der Waals surface area (Å²) in [5, 5.41) is 1.77. The van der Waals surface area contributed by atoms with Crippen LogP contribution in [0.2, 0.25) is 0 Å². The number of thiazole rings is 1. The highest BCUT2D eigenvalue weighted by Crippen LogP contribution is 2.23. The molecule has 2 aliphatic rings. The van der Waals surface area contributed by atoms with Crippen LogP contribution in [0.4, 0.5) is 0 Å². The van der Waals surface area contributed by atoms with Crippen LogP contribution in [0.1, 0.15) is 23.3 Å². The van der Waals surface area contributed by atoms with Gasteiger partial charge in [0.15, 0.2) is 0 Å². The molecule has 0 saturated carbocycles. The van der Waals surface area contributed by atoms with Crippen molar-refractivity contribution in [2.75, 3.05) is 19.6 Å². The third kappa shape index (κ3) is 1.82. The molecule has 1 aromatic heterocycles. The fourth-order valence-corrected chi connectivity index (χ4v) is 3.05. The van der Waals surface area contributed by atoms with Crippen LogP contribution in [-0.4, -0.2) is 52.3 Å². The summed E-state index contributed by atoms with van der Waals surface area (Å²) in [6.45, 7) is 1.94. The molecule has 1 aromatic rings. The average Bonchev–Trinajstić information content (AvgIpc) is 2.98. The van der Waals surface area contributed by atoms with E-state index in [1.165, 1.54) is 11.3 Å². The summed E-state index contributed by atoms with van der Waals surface area (Å²) in [5.74, 6) is 0.223. The quantitative estimate of drug-likeness (QED) is 0.734. The Morgan fingerprint density at radius 1 is 1.47 bits per heavy atom. The number of hydrogen-bond donors (Lipinski definition) is 0. The van der Waals surface area contributed by atoms with E-state index in [-0.39, 0.29) is 17.9 Å². The highest BCUT2D eigenvalue weighted by molar-refractivity contribution is 7.07. The van der Waals surface area contributed by atoms with Gasteiger partial charge in [-0.15, -0.1) is 11.3 Å². The van der Waals surface area contributed by atoms with Crippen molar-refractivity contribution in [2.24, 2.45) is 0 Å². The van der Waals surface area contributed by atoms with Gasteiger partial charge in [0.05, 0.1) is 5.51 Å². The molecular formula is C11H13N3O2S. The van der Waals surface area contributed by atoms with Crippen LogP contribution in [0, 0.1) is 0 Å². The molecule has 0 aliphatic carbocycles. The maximum Gasteiger partial charge on any atom is 0.273 e. The van der Waals surface area contributed by atoms with Gasteiger partial charge in [-0.3, -0.25) is 9.59 Å². The van der Waals surface area contributed by atoms with E-state index in [2.05, 4.69) is 4.98 Å². The Bertz CT molecular complexity index is 446. The molecule has 2 aliphatic heterocycles. The zero-order chi connectivity index (χ0) is 11.8. The van der Waals surface area contributed by atoms with Crippen LogP contribution >= 0.6 is 11.3 Å². The van der Waals surface area contributed by atoms with E-state index >= 15 is 0 Å². The number of nitrogens with zero attached hydrogens (tertiary/aromatic N) is 3. The van der Waals surface area contributed by atoms with Crippen LogP contribution in [0.5, 0.6) is 0 Å². The SMILES string of the molecule is O=C(c1cscn1)N1CCN2C(=O)CCC2C1. The predicted octanol–water partition coefficient (Wildman–Crippen LogP) is 0.590. The molecule has 0 bridgehead atoms. The molecule has 0 aromatic carbocycles. The molecule has 90 valence electrons. The van der Waals surface area contributed by atoms with E-state index in [0.29, 0.717) is 31.7 Å². The monoisotopic (exact) mass is 251 g/mol. The van der Waals surface area contributed by atoms with E-state index in [1.807, 2.05) is 9.80 Å². The first kappa shape index (κ1) is 10.7. The van der Waals surface area contributed by atoms with Crippen molar-refractivity contribution in [3.05, 3.63) is 16.6 Å². The summed E-state index contributed by atoms with van der Waals surface area (Å²) in [4.78, 5) is 31.4. The number of hydrogen-bond acceptors (Lipinski definition) is 4. The highest BCUT2D eigenvalue weighted by Gasteiger charge is 2.37. The van der Waals surface area contributed by atoms with Gasteiger partial charge in [0.1, 0.15) is 5.69 Å². The molecule has 1 unspecified atom stereocenters. The number of aromatic nitrogens is 1. The molecular weight excluding hydrogens is 238 g/mol. The lowest BCUT2D eigenvalue weighted by molar-refractivity contribution is -0.130. The maximum absolute atomic E-state index is 12.1. The fraction of sp³-hybridized carbons (Fsp3) is 0.545. The second-order valence-electron chi connectivity index (χ2n) is 4.40. The Balaban J connectivity index is 1.71. The third-order valence-corrected chi connectivity index (χ3v) is 4.02. The maximum atomic E-state index is 12.1. The average molecular weight is 251 g/mol. The van der Waals surface area contributed by atoms with Crippen molar-refractivity contribution in [2.45, 2.75) is 18.9 Å². The molecule has 0 radical (unpaired) electrons. The number of carbonyl (C=O) groups excluding carboxylic acids is 2. The lowest BCUT2D eigenvalue weighted by atomic mass is 10.1. The molecule has 1 atom stereocenters. The second kappa shape index (κ2) is 4.10. The second-order valence-corrected chi connectivity index (χ2v) is 5.12. The van der Waals surface area contributed by atoms with Gasteiger partial charge in [0.25, 0.3) is 5.91 Å². The standard InChI is InChI=1S/C11H13N3O2S/c15-10-2-1-8-5-13(3-4-14(8)10)11(16)9-6-17-7-12-9/h6-8H,1-5H2. The number of piperazine rings is 1. The molecule has 6 heteroatoms. The first-order chi connectivity index (χ1) is 8.25. The number of fused-ring (bicyclic) bond motifs is 1. The van der Waals surface area contributed by atoms with Crippen molar-refractivity contribution in [3.8, 4) is 0 Å². The predicted molar refractivity (Wildman–Crippen MR) is 62.8 cm³/mol. The van der Waals surface area contributed by atoms with Crippen LogP contribution in [0.15, 0.2) is 10.9 Å². The normalized spacial score (nSPS) is 24.0. The third-order valence-electron chi connectivity index (χ3n) is 3.43. The minimum Gasteiger partial charge on any atom is -0.336 e. The van der Waals surface area contributed by atoms with Gasteiger partial charge in [-0.1, -0.05) is 0 Å². The Labute approximate surface area is 103 Å². The van der Waals surface area contributed by atoms with Crippen molar-refractivity contribution in [3.63, 3.8) is 0 Å². The molecule has 2 amide bonds. The fourth-order valence-electron chi connectivity index (χ4n) is 2.53. The van der Waals surface area contributed by atoms with E-state index in [0.717, 1.165) is 6.42 Å². The summed E-state index contributed by atoms with van der Waals surface area (Å²) in [5.41, 5.74) is 2.19. The van der Waals surface area contributed by atoms with Crippen molar-refractivity contribution >= 4 is 23.2 Å². The smallest absolute Gasteiger partial charge is 0.273 e. The van der Waals surface area contributed by atoms with Gasteiger partial charge in [-0.25, -0.2) is 4.98 Å². The zero-order valence-electron chi connectivity index (χ0n) is 9.33. The van der Waals surface area contributed by atoms with Gasteiger partial charge in [0.2, 0.25) is 5.91 Å². The largest absolute Gasteiger partial charge is 0.336 e. The number of rotatable bonds is 1. The molecule has 3 heterocycles. The van der Waals surface area contributed by atoms with Gasteiger partial charge in [0, 0.05) is 37.5 Å². The molecule has 5 nitrogen and oxygen atoms in total. The molecule has 17 heavy (non-hydrogen) atoms. The molecule has 0 spiro atoms. The number of amides is 2. The lowest BCUT2D eigenvalue weighted by Gasteiger charge is -2.37. The summed E-state index contributed by atoms with van der Waals surface area (Å²) >= 11 is 1.43. The minimum atomic E-state index is -0.00903. The Kier molecular flexibility index (Phi) is 2.58. The first-order valence-corrected chi connectivity index (χ1v) is 6.67. The van der Waals surface area contributed by atoms with E-state index < -0.39 is 0 Å². The molecule has 0 N–H and O–H groups in total. The van der Waals surface area contributed by atoms with Crippen LogP contribution in [0.25, 0.3) is 0 Å². The van der Waals surface area contributed by atoms with Gasteiger partial charge in [-0.05, 0) is 6.42 Å². The lowest BCUT2D eigenvalue weighted by Crippen LogP contribution is -2.53. The zero-order valence-corrected chi connectivity index (χ0v) is 10.2. The molecule has 2 fully saturated rings. The Hall–Kier alpha value is -1.43. The topological polar surface area (TPSA) is 53.5 Å². The first-order valence-electron chi connectivity index (χ1n) is 5.72. The summed E-state index contributed by atoms with van der Waals surface area (Å²) in [7, 11) is 0. The summed E-state index contributed by atoms with van der Waals surface area (Å²) in [6.07, 6.45) is 1.50.